The van der Waals surface area contributed by atoms with Gasteiger partial charge in [-0.25, -0.2) is 0 Å². The summed E-state index contributed by atoms with van der Waals surface area (Å²) in [6.45, 7) is 0.229. The zero-order chi connectivity index (χ0) is 13.9. The number of amidine groups is 1. The van der Waals surface area contributed by atoms with Crippen molar-refractivity contribution in [3.63, 3.8) is 0 Å². The van der Waals surface area contributed by atoms with Gasteiger partial charge in [0.05, 0.1) is 0 Å². The van der Waals surface area contributed by atoms with E-state index in [9.17, 15) is 0 Å². The molecule has 6 nitrogen and oxygen atoms in total. The average molecular weight is 272 g/mol. The Morgan fingerprint density at radius 3 is 2.50 bits per heavy atom. The predicted octanol–water partition coefficient (Wildman–Crippen LogP) is 2.30. The quantitative estimate of drug-likeness (QED) is 0.387. The summed E-state index contributed by atoms with van der Waals surface area (Å²) in [6, 6.07) is 12.2. The highest BCUT2D eigenvalue weighted by atomic mass is 16.7. The molecule has 1 heterocycles. The SMILES string of the molecule is N/C(=N\O)c1ccc(Oc2ccc3c(c2)OCO3)cc1. The first-order chi connectivity index (χ1) is 9.76. The van der Waals surface area contributed by atoms with E-state index < -0.39 is 0 Å². The Morgan fingerprint density at radius 2 is 1.75 bits per heavy atom. The summed E-state index contributed by atoms with van der Waals surface area (Å²) >= 11 is 0. The number of hydrogen-bond donors (Lipinski definition) is 2. The lowest BCUT2D eigenvalue weighted by Gasteiger charge is -2.07. The maximum atomic E-state index is 8.59. The van der Waals surface area contributed by atoms with Crippen LogP contribution in [-0.2, 0) is 0 Å². The van der Waals surface area contributed by atoms with Crippen LogP contribution in [0.2, 0.25) is 0 Å². The number of benzene rings is 2. The van der Waals surface area contributed by atoms with Gasteiger partial charge in [0.2, 0.25) is 6.79 Å². The minimum atomic E-state index is 0.0552. The third-order valence-corrected chi connectivity index (χ3v) is 2.84. The highest BCUT2D eigenvalue weighted by Gasteiger charge is 2.13. The lowest BCUT2D eigenvalue weighted by atomic mass is 10.2. The fourth-order valence-electron chi connectivity index (χ4n) is 1.83. The molecule has 3 N–H and O–H groups in total. The lowest BCUT2D eigenvalue weighted by molar-refractivity contribution is 0.174. The van der Waals surface area contributed by atoms with Crippen molar-refractivity contribution in [2.24, 2.45) is 10.9 Å². The molecule has 0 saturated carbocycles. The van der Waals surface area contributed by atoms with Gasteiger partial charge in [-0.2, -0.15) is 0 Å². The van der Waals surface area contributed by atoms with E-state index in [2.05, 4.69) is 5.16 Å². The van der Waals surface area contributed by atoms with Gasteiger partial charge in [0, 0.05) is 11.6 Å². The number of nitrogens with zero attached hydrogens (tertiary/aromatic N) is 1. The molecule has 0 aliphatic carbocycles. The summed E-state index contributed by atoms with van der Waals surface area (Å²) in [5.74, 6) is 2.71. The Bertz CT molecular complexity index is 653. The van der Waals surface area contributed by atoms with Gasteiger partial charge in [-0.1, -0.05) is 5.16 Å². The third kappa shape index (κ3) is 2.31. The van der Waals surface area contributed by atoms with Crippen molar-refractivity contribution in [2.45, 2.75) is 0 Å². The third-order valence-electron chi connectivity index (χ3n) is 2.84. The summed E-state index contributed by atoms with van der Waals surface area (Å²) in [4.78, 5) is 0. The topological polar surface area (TPSA) is 86.3 Å². The van der Waals surface area contributed by atoms with Crippen LogP contribution < -0.4 is 19.9 Å². The van der Waals surface area contributed by atoms with Crippen LogP contribution in [0.5, 0.6) is 23.0 Å². The number of nitrogens with two attached hydrogens (primary N) is 1. The number of oxime groups is 1. The zero-order valence-corrected chi connectivity index (χ0v) is 10.4. The van der Waals surface area contributed by atoms with Gasteiger partial charge in [-0.3, -0.25) is 0 Å². The van der Waals surface area contributed by atoms with E-state index in [0.29, 0.717) is 28.6 Å². The second-order valence-corrected chi connectivity index (χ2v) is 4.13. The molecule has 0 atom stereocenters. The summed E-state index contributed by atoms with van der Waals surface area (Å²) in [6.07, 6.45) is 0. The molecule has 102 valence electrons. The summed E-state index contributed by atoms with van der Waals surface area (Å²) in [7, 11) is 0. The van der Waals surface area contributed by atoms with Crippen LogP contribution in [0.15, 0.2) is 47.6 Å². The van der Waals surface area contributed by atoms with Gasteiger partial charge in [-0.15, -0.1) is 0 Å². The van der Waals surface area contributed by atoms with Crippen LogP contribution in [-0.4, -0.2) is 17.8 Å². The van der Waals surface area contributed by atoms with E-state index in [4.69, 9.17) is 25.2 Å². The Morgan fingerprint density at radius 1 is 1.05 bits per heavy atom. The smallest absolute Gasteiger partial charge is 0.231 e. The van der Waals surface area contributed by atoms with Crippen LogP contribution in [0.25, 0.3) is 0 Å². The average Bonchev–Trinajstić information content (AvgIpc) is 2.95. The number of ether oxygens (including phenoxy) is 3. The van der Waals surface area contributed by atoms with Crippen LogP contribution in [0.3, 0.4) is 0 Å². The fourth-order valence-corrected chi connectivity index (χ4v) is 1.83. The van der Waals surface area contributed by atoms with Gasteiger partial charge in [0.1, 0.15) is 11.5 Å². The van der Waals surface area contributed by atoms with Crippen LogP contribution in [0, 0.1) is 0 Å². The minimum absolute atomic E-state index is 0.0552. The Hall–Kier alpha value is -2.89. The van der Waals surface area contributed by atoms with Gasteiger partial charge in [0.25, 0.3) is 0 Å². The molecule has 0 spiro atoms. The highest BCUT2D eigenvalue weighted by molar-refractivity contribution is 5.97. The van der Waals surface area contributed by atoms with Gasteiger partial charge in [-0.05, 0) is 36.4 Å². The molecule has 3 rings (SSSR count). The van der Waals surface area contributed by atoms with Crippen molar-refractivity contribution in [1.29, 1.82) is 0 Å². The maximum absolute atomic E-state index is 8.59. The van der Waals surface area contributed by atoms with Crippen molar-refractivity contribution in [3.8, 4) is 23.0 Å². The first kappa shape index (κ1) is 12.2. The Kier molecular flexibility index (Phi) is 3.04. The molecule has 2 aromatic carbocycles. The number of fused-ring (bicyclic) bond motifs is 1. The zero-order valence-electron chi connectivity index (χ0n) is 10.4. The predicted molar refractivity (Wildman–Crippen MR) is 71.6 cm³/mol. The van der Waals surface area contributed by atoms with Crippen LogP contribution in [0.1, 0.15) is 5.56 Å². The van der Waals surface area contributed by atoms with Gasteiger partial charge in [0.15, 0.2) is 17.3 Å². The van der Waals surface area contributed by atoms with Gasteiger partial charge >= 0.3 is 0 Å². The molecule has 0 radical (unpaired) electrons. The molecular formula is C14H12N2O4. The van der Waals surface area contributed by atoms with Crippen molar-refractivity contribution >= 4 is 5.84 Å². The second kappa shape index (κ2) is 5.00. The maximum Gasteiger partial charge on any atom is 0.231 e. The van der Waals surface area contributed by atoms with E-state index in [1.165, 1.54) is 0 Å². The van der Waals surface area contributed by atoms with Crippen molar-refractivity contribution in [2.75, 3.05) is 6.79 Å². The molecule has 6 heteroatoms. The van der Waals surface area contributed by atoms with Crippen molar-refractivity contribution in [3.05, 3.63) is 48.0 Å². The summed E-state index contributed by atoms with van der Waals surface area (Å²) in [5, 5.41) is 11.5. The molecular weight excluding hydrogens is 260 g/mol. The molecule has 1 aliphatic rings. The summed E-state index contributed by atoms with van der Waals surface area (Å²) < 4.78 is 16.2. The number of hydrogen-bond acceptors (Lipinski definition) is 5. The summed E-state index contributed by atoms with van der Waals surface area (Å²) in [5.41, 5.74) is 6.10. The molecule has 0 fully saturated rings. The lowest BCUT2D eigenvalue weighted by Crippen LogP contribution is -2.12. The van der Waals surface area contributed by atoms with Crippen LogP contribution >= 0.6 is 0 Å². The number of rotatable bonds is 3. The van der Waals surface area contributed by atoms with Crippen molar-refractivity contribution < 1.29 is 19.4 Å². The molecule has 0 amide bonds. The Labute approximate surface area is 115 Å². The van der Waals surface area contributed by atoms with E-state index in [1.54, 1.807) is 42.5 Å². The largest absolute Gasteiger partial charge is 0.457 e. The standard InChI is InChI=1S/C14H12N2O4/c15-14(16-17)9-1-3-10(4-2-9)20-11-5-6-12-13(7-11)19-8-18-12/h1-7,17H,8H2,(H2,15,16). The Balaban J connectivity index is 1.78. The molecule has 2 aromatic rings. The molecule has 20 heavy (non-hydrogen) atoms. The molecule has 0 bridgehead atoms. The van der Waals surface area contributed by atoms with Gasteiger partial charge < -0.3 is 25.2 Å². The first-order valence-electron chi connectivity index (χ1n) is 5.92. The highest BCUT2D eigenvalue weighted by Crippen LogP contribution is 2.36. The van der Waals surface area contributed by atoms with E-state index in [0.717, 1.165) is 0 Å². The molecule has 0 aromatic heterocycles. The normalized spacial score (nSPS) is 13.3. The van der Waals surface area contributed by atoms with E-state index in [1.807, 2.05) is 0 Å². The minimum Gasteiger partial charge on any atom is -0.457 e. The molecule has 0 unspecified atom stereocenters. The second-order valence-electron chi connectivity index (χ2n) is 4.13. The molecule has 1 aliphatic heterocycles. The van der Waals surface area contributed by atoms with E-state index in [-0.39, 0.29) is 12.6 Å². The molecule has 0 saturated heterocycles. The fraction of sp³-hybridized carbons (Fsp3) is 0.0714. The van der Waals surface area contributed by atoms with Crippen molar-refractivity contribution in [1.82, 2.24) is 0 Å². The van der Waals surface area contributed by atoms with Crippen LogP contribution in [0.4, 0.5) is 0 Å². The first-order valence-corrected chi connectivity index (χ1v) is 5.92. The van der Waals surface area contributed by atoms with E-state index >= 15 is 0 Å². The monoisotopic (exact) mass is 272 g/mol.